The third-order valence-electron chi connectivity index (χ3n) is 7.14. The molecule has 1 unspecified atom stereocenters. The van der Waals surface area contributed by atoms with E-state index in [1.807, 2.05) is 50.2 Å². The number of aryl methyl sites for hydroxylation is 2. The molecule has 2 N–H and O–H groups in total. The number of nitrogens with zero attached hydrogens (tertiary/aromatic N) is 1. The van der Waals surface area contributed by atoms with E-state index < -0.39 is 5.97 Å². The predicted octanol–water partition coefficient (Wildman–Crippen LogP) is 6.69. The van der Waals surface area contributed by atoms with Gasteiger partial charge in [-0.3, -0.25) is 4.79 Å². The Kier molecular flexibility index (Phi) is 7.91. The Bertz CT molecular complexity index is 1500. The largest absolute Gasteiger partial charge is 0.482 e. The lowest BCUT2D eigenvalue weighted by atomic mass is 9.98. The average Bonchev–Trinajstić information content (AvgIpc) is 3.11. The van der Waals surface area contributed by atoms with Crippen LogP contribution in [0.5, 0.6) is 5.75 Å². The number of nitrogens with one attached hydrogen (secondary N) is 1. The van der Waals surface area contributed by atoms with Crippen LogP contribution in [0.3, 0.4) is 0 Å². The van der Waals surface area contributed by atoms with Crippen LogP contribution in [0.15, 0.2) is 60.7 Å². The zero-order valence-corrected chi connectivity index (χ0v) is 23.0. The summed E-state index contributed by atoms with van der Waals surface area (Å²) in [6.07, 6.45) is 0. The van der Waals surface area contributed by atoms with Gasteiger partial charge in [-0.1, -0.05) is 44.2 Å². The van der Waals surface area contributed by atoms with Crippen molar-refractivity contribution in [2.24, 2.45) is 0 Å². The quantitative estimate of drug-likeness (QED) is 0.262. The number of carboxylic acids is 1. The first-order valence-electron chi connectivity index (χ1n) is 13.0. The molecule has 0 saturated carbocycles. The molecule has 0 spiro atoms. The highest BCUT2D eigenvalue weighted by molar-refractivity contribution is 5.99. The zero-order chi connectivity index (χ0) is 27.6. The van der Waals surface area contributed by atoms with Crippen molar-refractivity contribution in [3.05, 3.63) is 99.7 Å². The molecule has 0 fully saturated rings. The molecular weight excluding hydrogens is 476 g/mol. The summed E-state index contributed by atoms with van der Waals surface area (Å²) in [6, 6.07) is 19.9. The average molecular weight is 513 g/mol. The Balaban J connectivity index is 1.58. The number of carboxylic acid groups (broad SMARTS) is 1. The monoisotopic (exact) mass is 512 g/mol. The smallest absolute Gasteiger partial charge is 0.341 e. The Morgan fingerprint density at radius 3 is 2.39 bits per heavy atom. The van der Waals surface area contributed by atoms with Crippen molar-refractivity contribution in [3.8, 4) is 5.75 Å². The topological polar surface area (TPSA) is 80.6 Å². The number of aromatic nitrogens is 1. The molecule has 6 nitrogen and oxygen atoms in total. The third-order valence-corrected chi connectivity index (χ3v) is 7.14. The highest BCUT2D eigenvalue weighted by Gasteiger charge is 2.17. The normalized spacial score (nSPS) is 12.1. The van der Waals surface area contributed by atoms with Crippen molar-refractivity contribution in [1.29, 1.82) is 0 Å². The van der Waals surface area contributed by atoms with E-state index in [4.69, 9.17) is 9.84 Å². The Labute approximate surface area is 224 Å². The number of amides is 1. The Morgan fingerprint density at radius 2 is 1.68 bits per heavy atom. The van der Waals surface area contributed by atoms with Gasteiger partial charge in [0.2, 0.25) is 0 Å². The number of carbonyl (C=O) groups excluding carboxylic acids is 1. The van der Waals surface area contributed by atoms with Crippen LogP contribution in [-0.2, 0) is 11.3 Å². The maximum Gasteiger partial charge on any atom is 0.341 e. The molecule has 0 radical (unpaired) electrons. The molecule has 1 heterocycles. The molecule has 1 atom stereocenters. The zero-order valence-electron chi connectivity index (χ0n) is 23.0. The number of fused-ring (bicyclic) bond motifs is 1. The van der Waals surface area contributed by atoms with E-state index >= 15 is 0 Å². The first kappa shape index (κ1) is 27.0. The van der Waals surface area contributed by atoms with Crippen LogP contribution in [0, 0.1) is 20.8 Å². The molecule has 0 aliphatic heterocycles. The molecule has 0 saturated heterocycles. The highest BCUT2D eigenvalue weighted by atomic mass is 16.5. The van der Waals surface area contributed by atoms with Gasteiger partial charge in [-0.2, -0.15) is 0 Å². The molecular formula is C32H36N2O4. The molecule has 1 aromatic heterocycles. The molecule has 38 heavy (non-hydrogen) atoms. The maximum atomic E-state index is 13.2. The predicted molar refractivity (Wildman–Crippen MR) is 151 cm³/mol. The highest BCUT2D eigenvalue weighted by Crippen LogP contribution is 2.29. The van der Waals surface area contributed by atoms with E-state index in [2.05, 4.69) is 61.8 Å². The number of carbonyl (C=O) groups is 2. The van der Waals surface area contributed by atoms with Crippen molar-refractivity contribution in [1.82, 2.24) is 9.88 Å². The fraction of sp³-hybridized carbons (Fsp3) is 0.312. The summed E-state index contributed by atoms with van der Waals surface area (Å²) in [7, 11) is 0. The van der Waals surface area contributed by atoms with Crippen LogP contribution in [0.1, 0.15) is 76.6 Å². The molecule has 6 heteroatoms. The van der Waals surface area contributed by atoms with Crippen LogP contribution in [0.4, 0.5) is 0 Å². The number of rotatable bonds is 9. The van der Waals surface area contributed by atoms with Crippen LogP contribution in [0.2, 0.25) is 0 Å². The second-order valence-electron chi connectivity index (χ2n) is 10.4. The Morgan fingerprint density at radius 1 is 0.947 bits per heavy atom. The molecule has 0 aliphatic rings. The van der Waals surface area contributed by atoms with Gasteiger partial charge in [-0.15, -0.1) is 0 Å². The van der Waals surface area contributed by atoms with Gasteiger partial charge in [0.05, 0.1) is 6.04 Å². The van der Waals surface area contributed by atoms with Gasteiger partial charge in [0.1, 0.15) is 5.75 Å². The number of ether oxygens (including phenoxy) is 1. The number of benzene rings is 3. The van der Waals surface area contributed by atoms with Crippen molar-refractivity contribution < 1.29 is 19.4 Å². The van der Waals surface area contributed by atoms with Crippen molar-refractivity contribution in [2.75, 3.05) is 6.61 Å². The van der Waals surface area contributed by atoms with E-state index in [0.717, 1.165) is 38.9 Å². The summed E-state index contributed by atoms with van der Waals surface area (Å²) in [5, 5.41) is 13.1. The molecule has 1 amide bonds. The molecule has 3 aromatic carbocycles. The fourth-order valence-corrected chi connectivity index (χ4v) is 4.87. The van der Waals surface area contributed by atoms with E-state index in [9.17, 15) is 9.59 Å². The fourth-order valence-electron chi connectivity index (χ4n) is 4.87. The summed E-state index contributed by atoms with van der Waals surface area (Å²) in [5.41, 5.74) is 8.28. The third kappa shape index (κ3) is 5.91. The lowest BCUT2D eigenvalue weighted by Crippen LogP contribution is -2.26. The van der Waals surface area contributed by atoms with E-state index in [1.54, 1.807) is 0 Å². The minimum absolute atomic E-state index is 0.0990. The van der Waals surface area contributed by atoms with E-state index in [-0.39, 0.29) is 18.6 Å². The van der Waals surface area contributed by atoms with Crippen LogP contribution in [-0.4, -0.2) is 28.2 Å². The Hall–Kier alpha value is -4.06. The van der Waals surface area contributed by atoms with Gasteiger partial charge in [0.15, 0.2) is 6.61 Å². The SMILES string of the molecule is Cc1cc(Cn2c(C)c(C)c3cc(C(=O)NC(C)c4cccc(C(C)C)c4)ccc32)cc(OCC(=O)O)c1. The molecule has 0 bridgehead atoms. The van der Waals surface area contributed by atoms with Crippen molar-refractivity contribution in [3.63, 3.8) is 0 Å². The number of hydrogen-bond acceptors (Lipinski definition) is 3. The van der Waals surface area contributed by atoms with Gasteiger partial charge in [-0.05, 0) is 91.8 Å². The first-order valence-corrected chi connectivity index (χ1v) is 13.0. The molecule has 4 rings (SSSR count). The minimum atomic E-state index is -1.01. The molecule has 0 aliphatic carbocycles. The van der Waals surface area contributed by atoms with Gasteiger partial charge >= 0.3 is 5.97 Å². The summed E-state index contributed by atoms with van der Waals surface area (Å²) in [6.45, 7) is 12.7. The first-order chi connectivity index (χ1) is 18.0. The van der Waals surface area contributed by atoms with Crippen LogP contribution < -0.4 is 10.1 Å². The number of aliphatic carboxylic acids is 1. The van der Waals surface area contributed by atoms with Gasteiger partial charge < -0.3 is 19.7 Å². The molecule has 4 aromatic rings. The van der Waals surface area contributed by atoms with E-state index in [0.29, 0.717) is 23.8 Å². The van der Waals surface area contributed by atoms with Crippen LogP contribution >= 0.6 is 0 Å². The van der Waals surface area contributed by atoms with Gasteiger partial charge in [0, 0.05) is 28.7 Å². The lowest BCUT2D eigenvalue weighted by molar-refractivity contribution is -0.139. The second kappa shape index (κ2) is 11.1. The van der Waals surface area contributed by atoms with Crippen molar-refractivity contribution in [2.45, 2.75) is 60.0 Å². The summed E-state index contributed by atoms with van der Waals surface area (Å²) in [5.74, 6) is -0.133. The lowest BCUT2D eigenvalue weighted by Gasteiger charge is -2.16. The van der Waals surface area contributed by atoms with E-state index in [1.165, 1.54) is 5.56 Å². The van der Waals surface area contributed by atoms with Gasteiger partial charge in [0.25, 0.3) is 5.91 Å². The summed E-state index contributed by atoms with van der Waals surface area (Å²) < 4.78 is 7.64. The summed E-state index contributed by atoms with van der Waals surface area (Å²) >= 11 is 0. The second-order valence-corrected chi connectivity index (χ2v) is 10.4. The standard InChI is InChI=1S/C32H36N2O4/c1-19(2)25-8-7-9-26(15-25)22(5)33-32(37)27-10-11-30-29(16-27)21(4)23(6)34(30)17-24-12-20(3)13-28(14-24)38-18-31(35)36/h7-16,19,22H,17-18H2,1-6H3,(H,33,37)(H,35,36). The van der Waals surface area contributed by atoms with Crippen LogP contribution in [0.25, 0.3) is 10.9 Å². The molecule has 198 valence electrons. The summed E-state index contributed by atoms with van der Waals surface area (Å²) in [4.78, 5) is 24.1. The number of hydrogen-bond donors (Lipinski definition) is 2. The maximum absolute atomic E-state index is 13.2. The van der Waals surface area contributed by atoms with Gasteiger partial charge in [-0.25, -0.2) is 4.79 Å². The van der Waals surface area contributed by atoms with Crippen molar-refractivity contribution >= 4 is 22.8 Å². The minimum Gasteiger partial charge on any atom is -0.482 e.